The second-order valence-electron chi connectivity index (χ2n) is 6.84. The molecule has 0 radical (unpaired) electrons. The maximum absolute atomic E-state index is 12.6. The van der Waals surface area contributed by atoms with Crippen molar-refractivity contribution in [1.82, 2.24) is 14.8 Å². The van der Waals surface area contributed by atoms with E-state index < -0.39 is 17.8 Å². The lowest BCUT2D eigenvalue weighted by Gasteiger charge is -2.11. The number of aromatic nitrogens is 3. The number of halogens is 1. The van der Waals surface area contributed by atoms with Gasteiger partial charge in [0.2, 0.25) is 5.91 Å². The van der Waals surface area contributed by atoms with E-state index in [0.29, 0.717) is 16.6 Å². The third-order valence-electron chi connectivity index (χ3n) is 4.65. The van der Waals surface area contributed by atoms with Crippen molar-refractivity contribution in [2.24, 2.45) is 7.05 Å². The van der Waals surface area contributed by atoms with Gasteiger partial charge in [-0.25, -0.2) is 9.59 Å². The smallest absolute Gasteiger partial charge is 0.339 e. The second-order valence-corrected chi connectivity index (χ2v) is 8.22. The number of carbonyl (C=O) groups excluding carboxylic acids is 3. The van der Waals surface area contributed by atoms with Gasteiger partial charge in [0.1, 0.15) is 5.82 Å². The third kappa shape index (κ3) is 6.11. The molecule has 2 aromatic carbocycles. The number of thioether (sulfide) groups is 1. The Morgan fingerprint density at radius 1 is 1.03 bits per heavy atom. The SMILES string of the molecule is COC(=O)c1ccc(C(=O)OC)c(NC(=O)CSc2nnc(Cc3ccc(Cl)cc3)n2C)c1. The second kappa shape index (κ2) is 11.0. The number of carbonyl (C=O) groups is 3. The Morgan fingerprint density at radius 3 is 2.39 bits per heavy atom. The number of anilines is 1. The number of benzene rings is 2. The summed E-state index contributed by atoms with van der Waals surface area (Å²) in [6, 6.07) is 11.6. The Kier molecular flexibility index (Phi) is 8.07. The maximum atomic E-state index is 12.6. The molecule has 0 fully saturated rings. The van der Waals surface area contributed by atoms with Gasteiger partial charge in [0, 0.05) is 18.5 Å². The quantitative estimate of drug-likeness (QED) is 0.379. The predicted molar refractivity (Wildman–Crippen MR) is 124 cm³/mol. The van der Waals surface area contributed by atoms with Crippen LogP contribution >= 0.6 is 23.4 Å². The molecule has 0 saturated carbocycles. The highest BCUT2D eigenvalue weighted by atomic mass is 35.5. The monoisotopic (exact) mass is 488 g/mol. The molecule has 1 aromatic heterocycles. The van der Waals surface area contributed by atoms with E-state index in [2.05, 4.69) is 15.5 Å². The number of rotatable bonds is 8. The van der Waals surface area contributed by atoms with Gasteiger partial charge in [-0.15, -0.1) is 10.2 Å². The number of amides is 1. The fraction of sp³-hybridized carbons (Fsp3) is 0.227. The lowest BCUT2D eigenvalue weighted by atomic mass is 10.1. The normalized spacial score (nSPS) is 10.5. The van der Waals surface area contributed by atoms with Crippen molar-refractivity contribution in [3.05, 3.63) is 70.0 Å². The first-order valence-corrected chi connectivity index (χ1v) is 11.0. The topological polar surface area (TPSA) is 112 Å². The van der Waals surface area contributed by atoms with Crippen LogP contribution in [0.2, 0.25) is 5.02 Å². The van der Waals surface area contributed by atoms with Crippen LogP contribution in [0, 0.1) is 0 Å². The van der Waals surface area contributed by atoms with E-state index in [1.807, 2.05) is 35.9 Å². The molecule has 172 valence electrons. The van der Waals surface area contributed by atoms with E-state index >= 15 is 0 Å². The van der Waals surface area contributed by atoms with Gasteiger partial charge in [0.05, 0.1) is 36.8 Å². The van der Waals surface area contributed by atoms with E-state index in [9.17, 15) is 14.4 Å². The molecule has 0 aliphatic carbocycles. The Balaban J connectivity index is 1.68. The highest BCUT2D eigenvalue weighted by Crippen LogP contribution is 2.22. The van der Waals surface area contributed by atoms with Gasteiger partial charge in [-0.05, 0) is 35.9 Å². The van der Waals surface area contributed by atoms with Crippen LogP contribution in [0.3, 0.4) is 0 Å². The molecule has 0 aliphatic heterocycles. The highest BCUT2D eigenvalue weighted by molar-refractivity contribution is 7.99. The molecule has 0 aliphatic rings. The molecule has 9 nitrogen and oxygen atoms in total. The molecule has 0 spiro atoms. The van der Waals surface area contributed by atoms with E-state index in [1.165, 1.54) is 44.2 Å². The van der Waals surface area contributed by atoms with E-state index in [-0.39, 0.29) is 22.6 Å². The van der Waals surface area contributed by atoms with Gasteiger partial charge in [-0.2, -0.15) is 0 Å². The van der Waals surface area contributed by atoms with E-state index in [0.717, 1.165) is 11.4 Å². The van der Waals surface area contributed by atoms with Crippen LogP contribution in [0.5, 0.6) is 0 Å². The third-order valence-corrected chi connectivity index (χ3v) is 5.93. The van der Waals surface area contributed by atoms with Crippen molar-refractivity contribution in [2.75, 3.05) is 25.3 Å². The minimum absolute atomic E-state index is 0.00990. The number of nitrogens with one attached hydrogen (secondary N) is 1. The van der Waals surface area contributed by atoms with Crippen LogP contribution in [0.1, 0.15) is 32.1 Å². The molecule has 11 heteroatoms. The summed E-state index contributed by atoms with van der Waals surface area (Å²) in [5, 5.41) is 12.2. The minimum Gasteiger partial charge on any atom is -0.465 e. The Labute approximate surface area is 199 Å². The first-order chi connectivity index (χ1) is 15.8. The molecule has 0 bridgehead atoms. The van der Waals surface area contributed by atoms with Crippen LogP contribution in [-0.4, -0.2) is 52.6 Å². The first kappa shape index (κ1) is 24.3. The first-order valence-electron chi connectivity index (χ1n) is 9.68. The molecular formula is C22H21ClN4O5S. The van der Waals surface area contributed by atoms with Crippen molar-refractivity contribution < 1.29 is 23.9 Å². The highest BCUT2D eigenvalue weighted by Gasteiger charge is 2.18. The maximum Gasteiger partial charge on any atom is 0.339 e. The average Bonchev–Trinajstić information content (AvgIpc) is 3.17. The van der Waals surface area contributed by atoms with Crippen molar-refractivity contribution in [2.45, 2.75) is 11.6 Å². The van der Waals surface area contributed by atoms with Crippen LogP contribution in [0.15, 0.2) is 47.6 Å². The van der Waals surface area contributed by atoms with Gasteiger partial charge < -0.3 is 19.4 Å². The molecule has 1 amide bonds. The van der Waals surface area contributed by atoms with Crippen LogP contribution in [0.4, 0.5) is 5.69 Å². The lowest BCUT2D eigenvalue weighted by Crippen LogP contribution is -2.18. The van der Waals surface area contributed by atoms with Gasteiger partial charge >= 0.3 is 11.9 Å². The van der Waals surface area contributed by atoms with Crippen molar-refractivity contribution >= 4 is 46.9 Å². The number of nitrogens with zero attached hydrogens (tertiary/aromatic N) is 3. The summed E-state index contributed by atoms with van der Waals surface area (Å²) < 4.78 is 11.3. The Hall–Kier alpha value is -3.37. The zero-order valence-corrected chi connectivity index (χ0v) is 19.7. The zero-order valence-electron chi connectivity index (χ0n) is 18.1. The number of hydrogen-bond donors (Lipinski definition) is 1. The summed E-state index contributed by atoms with van der Waals surface area (Å²) in [6.07, 6.45) is 0.566. The zero-order chi connectivity index (χ0) is 24.0. The fourth-order valence-electron chi connectivity index (χ4n) is 2.91. The van der Waals surface area contributed by atoms with Crippen LogP contribution in [-0.2, 0) is 27.7 Å². The molecule has 0 atom stereocenters. The fourth-order valence-corrected chi connectivity index (χ4v) is 3.76. The molecule has 3 aromatic rings. The largest absolute Gasteiger partial charge is 0.465 e. The number of ether oxygens (including phenoxy) is 2. The lowest BCUT2D eigenvalue weighted by molar-refractivity contribution is -0.113. The molecule has 3 rings (SSSR count). The number of esters is 2. The van der Waals surface area contributed by atoms with Crippen molar-refractivity contribution in [3.63, 3.8) is 0 Å². The Morgan fingerprint density at radius 2 is 1.73 bits per heavy atom. The molecule has 1 heterocycles. The van der Waals surface area contributed by atoms with Gasteiger partial charge in [0.15, 0.2) is 5.16 Å². The average molecular weight is 489 g/mol. The summed E-state index contributed by atoms with van der Waals surface area (Å²) in [4.78, 5) is 36.4. The number of methoxy groups -OCH3 is 2. The van der Waals surface area contributed by atoms with E-state index in [4.69, 9.17) is 21.1 Å². The Bertz CT molecular complexity index is 1180. The summed E-state index contributed by atoms with van der Waals surface area (Å²) in [5.41, 5.74) is 1.49. The van der Waals surface area contributed by atoms with Gasteiger partial charge in [0.25, 0.3) is 0 Å². The molecular weight excluding hydrogens is 468 g/mol. The van der Waals surface area contributed by atoms with Crippen LogP contribution < -0.4 is 5.32 Å². The molecule has 33 heavy (non-hydrogen) atoms. The number of hydrogen-bond acceptors (Lipinski definition) is 8. The molecule has 1 N–H and O–H groups in total. The van der Waals surface area contributed by atoms with Gasteiger partial charge in [-0.1, -0.05) is 35.5 Å². The summed E-state index contributed by atoms with van der Waals surface area (Å²) in [6.45, 7) is 0. The minimum atomic E-state index is -0.644. The van der Waals surface area contributed by atoms with Crippen molar-refractivity contribution in [3.8, 4) is 0 Å². The van der Waals surface area contributed by atoms with E-state index in [1.54, 1.807) is 0 Å². The summed E-state index contributed by atoms with van der Waals surface area (Å²) in [5.74, 6) is -0.887. The van der Waals surface area contributed by atoms with Crippen LogP contribution in [0.25, 0.3) is 0 Å². The standard InChI is InChI=1S/C22H21ClN4O5S/c1-27-18(10-13-4-7-15(23)8-5-13)25-26-22(27)33-12-19(28)24-17-11-14(20(29)31-2)6-9-16(17)21(30)32-3/h4-9,11H,10,12H2,1-3H3,(H,24,28). The summed E-state index contributed by atoms with van der Waals surface area (Å²) in [7, 11) is 4.29. The molecule has 0 saturated heterocycles. The summed E-state index contributed by atoms with van der Waals surface area (Å²) >= 11 is 7.11. The molecule has 0 unspecified atom stereocenters. The van der Waals surface area contributed by atoms with Gasteiger partial charge in [-0.3, -0.25) is 4.79 Å². The predicted octanol–water partition coefficient (Wildman–Crippen LogP) is 3.36. The van der Waals surface area contributed by atoms with Crippen molar-refractivity contribution in [1.29, 1.82) is 0 Å².